The van der Waals surface area contributed by atoms with E-state index in [9.17, 15) is 13.9 Å². The van der Waals surface area contributed by atoms with Crippen LogP contribution in [0.3, 0.4) is 0 Å². The van der Waals surface area contributed by atoms with E-state index in [0.717, 1.165) is 44.1 Å². The maximum absolute atomic E-state index is 12.6. The summed E-state index contributed by atoms with van der Waals surface area (Å²) in [5.41, 5.74) is 2.04. The van der Waals surface area contributed by atoms with Crippen molar-refractivity contribution in [2.24, 2.45) is 11.8 Å². The van der Waals surface area contributed by atoms with Crippen LogP contribution in [0.4, 0.5) is 0 Å². The minimum atomic E-state index is -2.53. The van der Waals surface area contributed by atoms with E-state index in [1.165, 1.54) is 37.7 Å². The Kier molecular flexibility index (Phi) is 8.51. The largest absolute Gasteiger partial charge is 0.349 e. The van der Waals surface area contributed by atoms with Gasteiger partial charge in [0.05, 0.1) is 4.75 Å². The summed E-state index contributed by atoms with van der Waals surface area (Å²) >= 11 is 0. The van der Waals surface area contributed by atoms with Crippen molar-refractivity contribution in [3.63, 3.8) is 0 Å². The highest BCUT2D eigenvalue weighted by Gasteiger charge is 2.33. The van der Waals surface area contributed by atoms with Crippen LogP contribution in [0.1, 0.15) is 101 Å². The van der Waals surface area contributed by atoms with E-state index in [2.05, 4.69) is 17.4 Å². The Morgan fingerprint density at radius 2 is 1.65 bits per heavy atom. The highest BCUT2D eigenvalue weighted by atomic mass is 32.3. The van der Waals surface area contributed by atoms with Crippen molar-refractivity contribution in [3.8, 4) is 0 Å². The number of rotatable bonds is 7. The Balaban J connectivity index is 1.44. The number of hydrogen-bond donors (Lipinski definition) is 3. The van der Waals surface area contributed by atoms with Gasteiger partial charge < -0.3 is 5.32 Å². The first-order valence-electron chi connectivity index (χ1n) is 12.3. The zero-order valence-electron chi connectivity index (χ0n) is 19.7. The second-order valence-electron chi connectivity index (χ2n) is 10.9. The Hall–Kier alpha value is -1.04. The highest BCUT2D eigenvalue weighted by molar-refractivity contribution is 8.25. The molecule has 0 heterocycles. The first kappa shape index (κ1) is 24.6. The van der Waals surface area contributed by atoms with Crippen molar-refractivity contribution in [1.82, 2.24) is 5.32 Å². The molecule has 0 aliphatic heterocycles. The Labute approximate surface area is 190 Å². The molecule has 4 nitrogen and oxygen atoms in total. The maximum atomic E-state index is 12.6. The maximum Gasteiger partial charge on any atom is 0.251 e. The molecule has 0 atom stereocenters. The monoisotopic (exact) mass is 449 g/mol. The van der Waals surface area contributed by atoms with Gasteiger partial charge in [0.2, 0.25) is 0 Å². The molecule has 0 spiro atoms. The molecule has 0 bridgehead atoms. The zero-order valence-corrected chi connectivity index (χ0v) is 20.6. The normalized spacial score (nSPS) is 24.0. The van der Waals surface area contributed by atoms with E-state index < -0.39 is 15.3 Å². The molecule has 1 aromatic rings. The van der Waals surface area contributed by atoms with Crippen LogP contribution in [0.25, 0.3) is 0 Å². The third-order valence-corrected chi connectivity index (χ3v) is 10.3. The summed E-state index contributed by atoms with van der Waals surface area (Å²) in [6.07, 6.45) is 12.7. The molecular weight excluding hydrogens is 406 g/mol. The Bertz CT molecular complexity index is 714. The van der Waals surface area contributed by atoms with Crippen LogP contribution in [0, 0.1) is 11.8 Å². The summed E-state index contributed by atoms with van der Waals surface area (Å²) < 4.78 is 20.6. The van der Waals surface area contributed by atoms with Gasteiger partial charge in [0.25, 0.3) is 5.91 Å². The summed E-state index contributed by atoms with van der Waals surface area (Å²) in [4.78, 5) is 12.6. The molecule has 31 heavy (non-hydrogen) atoms. The van der Waals surface area contributed by atoms with Crippen LogP contribution in [0.15, 0.2) is 24.3 Å². The fourth-order valence-corrected chi connectivity index (χ4v) is 6.51. The summed E-state index contributed by atoms with van der Waals surface area (Å²) in [5, 5.41) is 3.22. The lowest BCUT2D eigenvalue weighted by Crippen LogP contribution is -2.36. The standard InChI is InChI=1S/C26H43NO3S/c1-26(2,3)31(29,30)19-22-16-13-20(14-17-22)12-15-21-8-7-9-23(18-21)25(28)27-24-10-5-4-6-11-24/h7-9,18,20,22,24,29-30H,4-6,10-17,19H2,1-3H3,(H,27,28). The van der Waals surface area contributed by atoms with Gasteiger partial charge in [0, 0.05) is 17.4 Å². The molecule has 2 aliphatic rings. The minimum absolute atomic E-state index is 0.0760. The second kappa shape index (κ2) is 10.7. The molecule has 0 unspecified atom stereocenters. The molecule has 0 radical (unpaired) electrons. The average molecular weight is 450 g/mol. The van der Waals surface area contributed by atoms with Crippen LogP contribution >= 0.6 is 10.6 Å². The van der Waals surface area contributed by atoms with E-state index in [0.29, 0.717) is 23.6 Å². The predicted octanol–water partition coefficient (Wildman–Crippen LogP) is 7.04. The number of amides is 1. The van der Waals surface area contributed by atoms with Crippen LogP contribution in [0.5, 0.6) is 0 Å². The number of benzene rings is 1. The van der Waals surface area contributed by atoms with Crippen LogP contribution in [-0.4, -0.2) is 31.6 Å². The van der Waals surface area contributed by atoms with Crippen molar-refractivity contribution in [2.75, 3.05) is 5.75 Å². The molecule has 5 heteroatoms. The van der Waals surface area contributed by atoms with Crippen LogP contribution in [-0.2, 0) is 6.42 Å². The second-order valence-corrected chi connectivity index (χ2v) is 13.8. The highest BCUT2D eigenvalue weighted by Crippen LogP contribution is 2.54. The zero-order chi connectivity index (χ0) is 22.5. The molecule has 2 fully saturated rings. The number of carbonyl (C=O) groups is 1. The van der Waals surface area contributed by atoms with Gasteiger partial charge in [-0.2, -0.15) is 10.6 Å². The number of nitrogens with one attached hydrogen (secondary N) is 1. The quantitative estimate of drug-likeness (QED) is 0.418. The molecular formula is C26H43NO3S. The van der Waals surface area contributed by atoms with Gasteiger partial charge in [-0.05, 0) is 88.8 Å². The molecule has 176 valence electrons. The lowest BCUT2D eigenvalue weighted by molar-refractivity contribution is 0.0927. The summed E-state index contributed by atoms with van der Waals surface area (Å²) in [6.45, 7) is 5.78. The lowest BCUT2D eigenvalue weighted by Gasteiger charge is -2.47. The topological polar surface area (TPSA) is 69.6 Å². The smallest absolute Gasteiger partial charge is 0.251 e. The van der Waals surface area contributed by atoms with Crippen molar-refractivity contribution in [2.45, 2.75) is 102 Å². The van der Waals surface area contributed by atoms with E-state index in [1.54, 1.807) is 0 Å². The van der Waals surface area contributed by atoms with Crippen molar-refractivity contribution >= 4 is 16.5 Å². The van der Waals surface area contributed by atoms with Gasteiger partial charge in [0.1, 0.15) is 0 Å². The van der Waals surface area contributed by atoms with Gasteiger partial charge >= 0.3 is 0 Å². The SMILES string of the molecule is CC(C)(C)S(O)(O)CC1CCC(CCc2cccc(C(=O)NC3CCCCC3)c2)CC1. The fourth-order valence-electron chi connectivity index (χ4n) is 5.02. The van der Waals surface area contributed by atoms with E-state index >= 15 is 0 Å². The lowest BCUT2D eigenvalue weighted by atomic mass is 9.80. The molecule has 1 amide bonds. The van der Waals surface area contributed by atoms with E-state index in [-0.39, 0.29) is 5.91 Å². The van der Waals surface area contributed by atoms with Crippen molar-refractivity contribution < 1.29 is 13.9 Å². The summed E-state index contributed by atoms with van der Waals surface area (Å²) in [5.74, 6) is 1.77. The third-order valence-electron chi connectivity index (χ3n) is 7.39. The molecule has 2 saturated carbocycles. The molecule has 1 aromatic carbocycles. The number of hydrogen-bond acceptors (Lipinski definition) is 3. The molecule has 0 saturated heterocycles. The van der Waals surface area contributed by atoms with Crippen molar-refractivity contribution in [1.29, 1.82) is 0 Å². The molecule has 3 rings (SSSR count). The van der Waals surface area contributed by atoms with Gasteiger partial charge in [-0.3, -0.25) is 13.9 Å². The van der Waals surface area contributed by atoms with Gasteiger partial charge in [-0.25, -0.2) is 0 Å². The van der Waals surface area contributed by atoms with E-state index in [4.69, 9.17) is 0 Å². The van der Waals surface area contributed by atoms with Crippen LogP contribution < -0.4 is 5.32 Å². The van der Waals surface area contributed by atoms with Crippen LogP contribution in [0.2, 0.25) is 0 Å². The van der Waals surface area contributed by atoms with Gasteiger partial charge in [-0.1, -0.05) is 44.2 Å². The average Bonchev–Trinajstić information content (AvgIpc) is 2.73. The third kappa shape index (κ3) is 7.23. The van der Waals surface area contributed by atoms with Crippen molar-refractivity contribution in [3.05, 3.63) is 35.4 Å². The molecule has 3 N–H and O–H groups in total. The molecule has 2 aliphatic carbocycles. The van der Waals surface area contributed by atoms with Gasteiger partial charge in [-0.15, -0.1) is 0 Å². The summed E-state index contributed by atoms with van der Waals surface area (Å²) in [7, 11) is -2.53. The minimum Gasteiger partial charge on any atom is -0.349 e. The molecule has 0 aromatic heterocycles. The fraction of sp³-hybridized carbons (Fsp3) is 0.731. The first-order chi connectivity index (χ1) is 14.6. The first-order valence-corrected chi connectivity index (χ1v) is 14.0. The Morgan fingerprint density at radius 1 is 1.00 bits per heavy atom. The summed E-state index contributed by atoms with van der Waals surface area (Å²) in [6, 6.07) is 8.50. The Morgan fingerprint density at radius 3 is 2.29 bits per heavy atom. The predicted molar refractivity (Wildman–Crippen MR) is 132 cm³/mol. The van der Waals surface area contributed by atoms with Gasteiger partial charge in [0.15, 0.2) is 0 Å². The number of carbonyl (C=O) groups excluding carboxylic acids is 1. The van der Waals surface area contributed by atoms with E-state index in [1.807, 2.05) is 32.9 Å². The number of aryl methyl sites for hydroxylation is 1.